The van der Waals surface area contributed by atoms with Gasteiger partial charge in [-0.1, -0.05) is 30.3 Å². The summed E-state index contributed by atoms with van der Waals surface area (Å²) in [6.07, 6.45) is 0. The van der Waals surface area contributed by atoms with E-state index in [1.807, 2.05) is 18.2 Å². The molecule has 0 saturated heterocycles. The van der Waals surface area contributed by atoms with Crippen molar-refractivity contribution in [2.45, 2.75) is 19.0 Å². The highest BCUT2D eigenvalue weighted by molar-refractivity contribution is 5.85. The van der Waals surface area contributed by atoms with Gasteiger partial charge in [0.1, 0.15) is 12.7 Å². The molecule has 2 aromatic rings. The van der Waals surface area contributed by atoms with Crippen LogP contribution in [0.3, 0.4) is 0 Å². The number of hydrogen-bond donors (Lipinski definition) is 2. The van der Waals surface area contributed by atoms with Gasteiger partial charge in [0.05, 0.1) is 0 Å². The van der Waals surface area contributed by atoms with Crippen LogP contribution >= 0.6 is 0 Å². The Labute approximate surface area is 124 Å². The summed E-state index contributed by atoms with van der Waals surface area (Å²) in [5, 5.41) is 22.5. The molecule has 0 fully saturated rings. The van der Waals surface area contributed by atoms with Crippen LogP contribution in [-0.2, 0) is 9.59 Å². The molecule has 0 radical (unpaired) electrons. The molecule has 0 saturated carbocycles. The second kappa shape index (κ2) is 6.74. The first-order valence-corrected chi connectivity index (χ1v) is 6.47. The van der Waals surface area contributed by atoms with E-state index < -0.39 is 30.6 Å². The monoisotopic (exact) mass is 307 g/mol. The SMILES string of the molecule is CC(C(=O)NC(CF)C(=O)O)n1nnc(-c2ccccc2)n1. The van der Waals surface area contributed by atoms with Crippen molar-refractivity contribution < 1.29 is 19.1 Å². The molecular weight excluding hydrogens is 293 g/mol. The fraction of sp³-hybridized carbons (Fsp3) is 0.308. The van der Waals surface area contributed by atoms with Crippen molar-refractivity contribution in [3.05, 3.63) is 30.3 Å². The maximum atomic E-state index is 12.5. The van der Waals surface area contributed by atoms with Crippen LogP contribution in [-0.4, -0.2) is 49.9 Å². The number of carbonyl (C=O) groups is 2. The number of aromatic nitrogens is 4. The molecule has 2 unspecified atom stereocenters. The van der Waals surface area contributed by atoms with Crippen molar-refractivity contribution in [2.75, 3.05) is 6.67 Å². The topological polar surface area (TPSA) is 110 Å². The van der Waals surface area contributed by atoms with Gasteiger partial charge in [-0.3, -0.25) is 4.79 Å². The zero-order chi connectivity index (χ0) is 16.1. The highest BCUT2D eigenvalue weighted by Gasteiger charge is 2.25. The van der Waals surface area contributed by atoms with Crippen LogP contribution in [0.5, 0.6) is 0 Å². The van der Waals surface area contributed by atoms with Gasteiger partial charge in [-0.25, -0.2) is 9.18 Å². The lowest BCUT2D eigenvalue weighted by molar-refractivity contribution is -0.142. The normalized spacial score (nSPS) is 13.4. The van der Waals surface area contributed by atoms with Crippen molar-refractivity contribution >= 4 is 11.9 Å². The van der Waals surface area contributed by atoms with Crippen molar-refractivity contribution in [2.24, 2.45) is 0 Å². The second-order valence-corrected chi connectivity index (χ2v) is 4.53. The molecule has 1 heterocycles. The number of nitrogens with zero attached hydrogens (tertiary/aromatic N) is 4. The highest BCUT2D eigenvalue weighted by Crippen LogP contribution is 2.13. The van der Waals surface area contributed by atoms with E-state index in [1.165, 1.54) is 6.92 Å². The number of carboxylic acids is 1. The van der Waals surface area contributed by atoms with Gasteiger partial charge in [-0.15, -0.1) is 10.2 Å². The average Bonchev–Trinajstić information content (AvgIpc) is 3.02. The van der Waals surface area contributed by atoms with Gasteiger partial charge >= 0.3 is 5.97 Å². The number of aliphatic carboxylic acids is 1. The summed E-state index contributed by atoms with van der Waals surface area (Å²) in [5.74, 6) is -1.82. The van der Waals surface area contributed by atoms with Crippen molar-refractivity contribution in [3.63, 3.8) is 0 Å². The maximum Gasteiger partial charge on any atom is 0.328 e. The quantitative estimate of drug-likeness (QED) is 0.801. The van der Waals surface area contributed by atoms with Gasteiger partial charge in [0.25, 0.3) is 0 Å². The number of carboxylic acid groups (broad SMARTS) is 1. The summed E-state index contributed by atoms with van der Waals surface area (Å²) < 4.78 is 12.5. The summed E-state index contributed by atoms with van der Waals surface area (Å²) >= 11 is 0. The van der Waals surface area contributed by atoms with Gasteiger partial charge in [-0.05, 0) is 12.1 Å². The summed E-state index contributed by atoms with van der Waals surface area (Å²) in [6, 6.07) is 6.53. The Kier molecular flexibility index (Phi) is 4.77. The molecule has 2 atom stereocenters. The van der Waals surface area contributed by atoms with Crippen molar-refractivity contribution in [1.82, 2.24) is 25.5 Å². The van der Waals surface area contributed by atoms with Crippen LogP contribution in [0, 0.1) is 0 Å². The summed E-state index contributed by atoms with van der Waals surface area (Å²) in [6.45, 7) is 0.261. The van der Waals surface area contributed by atoms with Gasteiger partial charge in [0.15, 0.2) is 6.04 Å². The smallest absolute Gasteiger partial charge is 0.328 e. The average molecular weight is 307 g/mol. The first-order chi connectivity index (χ1) is 10.5. The first kappa shape index (κ1) is 15.5. The Balaban J connectivity index is 2.10. The van der Waals surface area contributed by atoms with Gasteiger partial charge in [0, 0.05) is 5.56 Å². The van der Waals surface area contributed by atoms with Gasteiger partial charge in [-0.2, -0.15) is 4.80 Å². The molecule has 1 aromatic carbocycles. The van der Waals surface area contributed by atoms with Crippen LogP contribution < -0.4 is 5.32 Å². The minimum atomic E-state index is -1.59. The number of rotatable bonds is 6. The molecule has 8 nitrogen and oxygen atoms in total. The molecule has 2 N–H and O–H groups in total. The number of carbonyl (C=O) groups excluding carboxylic acids is 1. The molecule has 0 aliphatic heterocycles. The second-order valence-electron chi connectivity index (χ2n) is 4.53. The maximum absolute atomic E-state index is 12.5. The number of benzene rings is 1. The minimum Gasteiger partial charge on any atom is -0.480 e. The fourth-order valence-corrected chi connectivity index (χ4v) is 1.66. The van der Waals surface area contributed by atoms with E-state index >= 15 is 0 Å². The molecule has 0 spiro atoms. The third-order valence-electron chi connectivity index (χ3n) is 2.95. The standard InChI is InChI=1S/C13H14FN5O3/c1-8(12(20)15-10(7-14)13(21)22)19-17-11(16-18-19)9-5-3-2-4-6-9/h2-6,8,10H,7H2,1H3,(H,15,20)(H,21,22). The van der Waals surface area contributed by atoms with E-state index in [9.17, 15) is 14.0 Å². The molecule has 116 valence electrons. The predicted octanol–water partition coefficient (Wildman–Crippen LogP) is 0.440. The lowest BCUT2D eigenvalue weighted by Gasteiger charge is -2.14. The number of nitrogens with one attached hydrogen (secondary N) is 1. The summed E-state index contributed by atoms with van der Waals surface area (Å²) in [4.78, 5) is 23.7. The third kappa shape index (κ3) is 3.43. The van der Waals surface area contributed by atoms with Crippen LogP contribution in [0.4, 0.5) is 4.39 Å². The minimum absolute atomic E-state index is 0.334. The Morgan fingerprint density at radius 1 is 1.36 bits per heavy atom. The number of hydrogen-bond acceptors (Lipinski definition) is 5. The molecule has 22 heavy (non-hydrogen) atoms. The molecule has 0 bridgehead atoms. The number of halogens is 1. The van der Waals surface area contributed by atoms with Gasteiger partial charge in [0.2, 0.25) is 11.7 Å². The largest absolute Gasteiger partial charge is 0.480 e. The van der Waals surface area contributed by atoms with E-state index in [1.54, 1.807) is 12.1 Å². The Morgan fingerprint density at radius 3 is 2.64 bits per heavy atom. The van der Waals surface area contributed by atoms with Crippen LogP contribution in [0.15, 0.2) is 30.3 Å². The van der Waals surface area contributed by atoms with E-state index in [0.29, 0.717) is 5.82 Å². The Morgan fingerprint density at radius 2 is 2.05 bits per heavy atom. The Hall–Kier alpha value is -2.84. The molecule has 1 amide bonds. The summed E-state index contributed by atoms with van der Waals surface area (Å²) in [7, 11) is 0. The first-order valence-electron chi connectivity index (χ1n) is 6.47. The molecular formula is C13H14FN5O3. The third-order valence-corrected chi connectivity index (χ3v) is 2.95. The number of tetrazole rings is 1. The summed E-state index contributed by atoms with van der Waals surface area (Å²) in [5.41, 5.74) is 0.730. The van der Waals surface area contributed by atoms with Gasteiger partial charge < -0.3 is 10.4 Å². The van der Waals surface area contributed by atoms with E-state index in [4.69, 9.17) is 5.11 Å². The molecule has 2 rings (SSSR count). The van der Waals surface area contributed by atoms with E-state index in [0.717, 1.165) is 10.4 Å². The zero-order valence-corrected chi connectivity index (χ0v) is 11.7. The van der Waals surface area contributed by atoms with Crippen molar-refractivity contribution in [3.8, 4) is 11.4 Å². The zero-order valence-electron chi connectivity index (χ0n) is 11.7. The lowest BCUT2D eigenvalue weighted by atomic mass is 10.2. The molecule has 0 aliphatic rings. The predicted molar refractivity (Wildman–Crippen MR) is 73.5 cm³/mol. The van der Waals surface area contributed by atoms with Crippen LogP contribution in [0.25, 0.3) is 11.4 Å². The lowest BCUT2D eigenvalue weighted by Crippen LogP contribution is -2.45. The Bertz CT molecular complexity index is 661. The molecule has 1 aromatic heterocycles. The molecule has 9 heteroatoms. The number of amides is 1. The van der Waals surface area contributed by atoms with E-state index in [2.05, 4.69) is 20.7 Å². The fourth-order valence-electron chi connectivity index (χ4n) is 1.66. The van der Waals surface area contributed by atoms with Crippen LogP contribution in [0.1, 0.15) is 13.0 Å². The highest BCUT2D eigenvalue weighted by atomic mass is 19.1. The van der Waals surface area contributed by atoms with E-state index in [-0.39, 0.29) is 0 Å². The van der Waals surface area contributed by atoms with Crippen LogP contribution in [0.2, 0.25) is 0 Å². The number of alkyl halides is 1. The van der Waals surface area contributed by atoms with Crippen molar-refractivity contribution in [1.29, 1.82) is 0 Å². The molecule has 0 aliphatic carbocycles.